The Morgan fingerprint density at radius 3 is 2.72 bits per heavy atom. The van der Waals surface area contributed by atoms with Crippen molar-refractivity contribution in [1.29, 1.82) is 0 Å². The molecule has 25 heavy (non-hydrogen) atoms. The van der Waals surface area contributed by atoms with Crippen molar-refractivity contribution in [3.63, 3.8) is 0 Å². The summed E-state index contributed by atoms with van der Waals surface area (Å²) >= 11 is 5.51. The van der Waals surface area contributed by atoms with Crippen LogP contribution in [0.4, 0.5) is 10.1 Å². The van der Waals surface area contributed by atoms with Crippen LogP contribution in [-0.4, -0.2) is 33.3 Å². The average molecular weight is 380 g/mol. The van der Waals surface area contributed by atoms with Crippen LogP contribution in [0.25, 0.3) is 10.9 Å². The highest BCUT2D eigenvalue weighted by Gasteiger charge is 2.10. The van der Waals surface area contributed by atoms with Crippen molar-refractivity contribution in [2.24, 2.45) is 5.73 Å². The SMILES string of the molecule is Cl.NCCN(Cc1ccc(F)cc1)C(=S)Nc1ccc2[nH]ncc2c1. The molecule has 0 fully saturated rings. The Hall–Kier alpha value is -2.22. The lowest BCUT2D eigenvalue weighted by atomic mass is 10.2. The quantitative estimate of drug-likeness (QED) is 0.593. The van der Waals surface area contributed by atoms with Gasteiger partial charge in [0.25, 0.3) is 0 Å². The van der Waals surface area contributed by atoms with E-state index in [-0.39, 0.29) is 18.2 Å². The molecule has 0 radical (unpaired) electrons. The summed E-state index contributed by atoms with van der Waals surface area (Å²) < 4.78 is 13.0. The summed E-state index contributed by atoms with van der Waals surface area (Å²) in [6.45, 7) is 1.65. The molecule has 0 amide bonds. The third-order valence-corrected chi connectivity index (χ3v) is 4.02. The molecule has 0 aliphatic rings. The molecule has 3 rings (SSSR count). The molecule has 132 valence electrons. The van der Waals surface area contributed by atoms with Crippen LogP contribution in [-0.2, 0) is 6.54 Å². The summed E-state index contributed by atoms with van der Waals surface area (Å²) in [4.78, 5) is 1.96. The lowest BCUT2D eigenvalue weighted by Gasteiger charge is -2.25. The van der Waals surface area contributed by atoms with Gasteiger partial charge < -0.3 is 16.0 Å². The first-order valence-corrected chi connectivity index (χ1v) is 8.00. The first-order valence-electron chi connectivity index (χ1n) is 7.59. The number of rotatable bonds is 5. The number of benzene rings is 2. The zero-order chi connectivity index (χ0) is 16.9. The van der Waals surface area contributed by atoms with Gasteiger partial charge >= 0.3 is 0 Å². The van der Waals surface area contributed by atoms with Crippen molar-refractivity contribution >= 4 is 46.3 Å². The number of nitrogens with zero attached hydrogens (tertiary/aromatic N) is 2. The Kier molecular flexibility index (Phi) is 6.69. The van der Waals surface area contributed by atoms with Crippen molar-refractivity contribution < 1.29 is 4.39 Å². The highest BCUT2D eigenvalue weighted by molar-refractivity contribution is 7.80. The molecule has 0 saturated carbocycles. The number of fused-ring (bicyclic) bond motifs is 1. The molecule has 2 aromatic carbocycles. The molecule has 0 aliphatic heterocycles. The number of thiocarbonyl (C=S) groups is 1. The van der Waals surface area contributed by atoms with Crippen molar-refractivity contribution in [2.45, 2.75) is 6.54 Å². The maximum absolute atomic E-state index is 13.0. The summed E-state index contributed by atoms with van der Waals surface area (Å²) in [6.07, 6.45) is 1.76. The van der Waals surface area contributed by atoms with Gasteiger partial charge in [0.2, 0.25) is 0 Å². The standard InChI is InChI=1S/C17H18FN5S.ClH/c18-14-3-1-12(2-4-14)11-23(8-7-19)17(24)21-15-5-6-16-13(9-15)10-20-22-16;/h1-6,9-10H,7-8,11,19H2,(H,20,22)(H,21,24);1H. The van der Waals surface area contributed by atoms with Crippen LogP contribution >= 0.6 is 24.6 Å². The van der Waals surface area contributed by atoms with E-state index in [0.717, 1.165) is 22.2 Å². The molecule has 0 aliphatic carbocycles. The Labute approximate surface area is 156 Å². The number of hydrogen-bond donors (Lipinski definition) is 3. The second kappa shape index (κ2) is 8.75. The normalized spacial score (nSPS) is 10.3. The van der Waals surface area contributed by atoms with E-state index in [4.69, 9.17) is 18.0 Å². The van der Waals surface area contributed by atoms with Gasteiger partial charge in [-0.15, -0.1) is 12.4 Å². The smallest absolute Gasteiger partial charge is 0.173 e. The van der Waals surface area contributed by atoms with Gasteiger partial charge in [0.05, 0.1) is 11.7 Å². The summed E-state index contributed by atoms with van der Waals surface area (Å²) in [5.74, 6) is -0.252. The maximum atomic E-state index is 13.0. The Morgan fingerprint density at radius 1 is 1.24 bits per heavy atom. The first-order chi connectivity index (χ1) is 11.7. The van der Waals surface area contributed by atoms with Gasteiger partial charge in [-0.25, -0.2) is 4.39 Å². The van der Waals surface area contributed by atoms with Crippen LogP contribution in [0.1, 0.15) is 5.56 Å². The van der Waals surface area contributed by atoms with E-state index in [0.29, 0.717) is 24.7 Å². The fraction of sp³-hybridized carbons (Fsp3) is 0.176. The largest absolute Gasteiger partial charge is 0.343 e. The minimum atomic E-state index is -0.252. The van der Waals surface area contributed by atoms with Crippen LogP contribution < -0.4 is 11.1 Å². The van der Waals surface area contributed by atoms with Crippen LogP contribution in [0.3, 0.4) is 0 Å². The van der Waals surface area contributed by atoms with Crippen LogP contribution in [0.2, 0.25) is 0 Å². The van der Waals surface area contributed by atoms with E-state index in [1.807, 2.05) is 23.1 Å². The van der Waals surface area contributed by atoms with Gasteiger partial charge in [0.1, 0.15) is 5.82 Å². The minimum absolute atomic E-state index is 0. The molecule has 1 heterocycles. The average Bonchev–Trinajstić information content (AvgIpc) is 3.04. The zero-order valence-corrected chi connectivity index (χ0v) is 15.0. The third-order valence-electron chi connectivity index (χ3n) is 3.66. The number of anilines is 1. The first kappa shape index (κ1) is 19.1. The van der Waals surface area contributed by atoms with Crippen molar-refractivity contribution in [2.75, 3.05) is 18.4 Å². The molecule has 1 aromatic heterocycles. The van der Waals surface area contributed by atoms with Gasteiger partial charge in [-0.05, 0) is 48.1 Å². The van der Waals surface area contributed by atoms with Gasteiger partial charge in [-0.1, -0.05) is 12.1 Å². The Balaban J connectivity index is 0.00000225. The highest BCUT2D eigenvalue weighted by Crippen LogP contribution is 2.17. The second-order valence-electron chi connectivity index (χ2n) is 5.44. The van der Waals surface area contributed by atoms with Crippen molar-refractivity contribution in [3.8, 4) is 0 Å². The van der Waals surface area contributed by atoms with E-state index >= 15 is 0 Å². The monoisotopic (exact) mass is 379 g/mol. The lowest BCUT2D eigenvalue weighted by Crippen LogP contribution is -2.37. The number of halogens is 2. The molecule has 0 saturated heterocycles. The molecule has 5 nitrogen and oxygen atoms in total. The Bertz CT molecular complexity index is 836. The fourth-order valence-electron chi connectivity index (χ4n) is 2.44. The van der Waals surface area contributed by atoms with Gasteiger partial charge in [0, 0.05) is 30.7 Å². The summed E-state index contributed by atoms with van der Waals surface area (Å²) in [6, 6.07) is 12.2. The second-order valence-corrected chi connectivity index (χ2v) is 5.83. The van der Waals surface area contributed by atoms with Gasteiger partial charge in [-0.2, -0.15) is 5.10 Å². The number of nitrogens with one attached hydrogen (secondary N) is 2. The highest BCUT2D eigenvalue weighted by atomic mass is 35.5. The number of H-pyrrole nitrogens is 1. The fourth-order valence-corrected chi connectivity index (χ4v) is 2.72. The van der Waals surface area contributed by atoms with Crippen LogP contribution in [0.15, 0.2) is 48.7 Å². The number of aromatic amines is 1. The molecule has 8 heteroatoms. The number of hydrogen-bond acceptors (Lipinski definition) is 3. The van der Waals surface area contributed by atoms with Crippen molar-refractivity contribution in [1.82, 2.24) is 15.1 Å². The molecule has 0 bridgehead atoms. The summed E-state index contributed by atoms with van der Waals surface area (Å²) in [5.41, 5.74) is 8.52. The topological polar surface area (TPSA) is 70.0 Å². The number of aromatic nitrogens is 2. The predicted octanol–water partition coefficient (Wildman–Crippen LogP) is 3.28. The Morgan fingerprint density at radius 2 is 2.00 bits per heavy atom. The van der Waals surface area contributed by atoms with Crippen molar-refractivity contribution in [3.05, 3.63) is 60.0 Å². The van der Waals surface area contributed by atoms with Crippen LogP contribution in [0.5, 0.6) is 0 Å². The van der Waals surface area contributed by atoms with Gasteiger partial charge in [-0.3, -0.25) is 5.10 Å². The van der Waals surface area contributed by atoms with E-state index in [9.17, 15) is 4.39 Å². The zero-order valence-electron chi connectivity index (χ0n) is 13.4. The maximum Gasteiger partial charge on any atom is 0.173 e. The molecular weight excluding hydrogens is 361 g/mol. The molecular formula is C17H19ClFN5S. The predicted molar refractivity (Wildman–Crippen MR) is 105 cm³/mol. The van der Waals surface area contributed by atoms with E-state index in [1.165, 1.54) is 12.1 Å². The molecule has 0 unspecified atom stereocenters. The third kappa shape index (κ3) is 4.88. The van der Waals surface area contributed by atoms with E-state index < -0.39 is 0 Å². The molecule has 4 N–H and O–H groups in total. The molecule has 3 aromatic rings. The summed E-state index contributed by atoms with van der Waals surface area (Å²) in [7, 11) is 0. The van der Waals surface area contributed by atoms with E-state index in [1.54, 1.807) is 18.3 Å². The van der Waals surface area contributed by atoms with Crippen LogP contribution in [0, 0.1) is 5.82 Å². The van der Waals surface area contributed by atoms with E-state index in [2.05, 4.69) is 15.5 Å². The van der Waals surface area contributed by atoms with Gasteiger partial charge in [0.15, 0.2) is 5.11 Å². The number of nitrogens with two attached hydrogens (primary N) is 1. The summed E-state index contributed by atoms with van der Waals surface area (Å²) in [5, 5.41) is 11.7. The lowest BCUT2D eigenvalue weighted by molar-refractivity contribution is 0.428. The minimum Gasteiger partial charge on any atom is -0.343 e. The molecule has 0 atom stereocenters. The molecule has 0 spiro atoms.